The van der Waals surface area contributed by atoms with Crippen LogP contribution < -0.4 is 5.32 Å². The molecule has 1 atom stereocenters. The zero-order chi connectivity index (χ0) is 21.2. The lowest BCUT2D eigenvalue weighted by molar-refractivity contribution is -0.134. The van der Waals surface area contributed by atoms with E-state index < -0.39 is 11.6 Å². The quantitative estimate of drug-likeness (QED) is 0.612. The van der Waals surface area contributed by atoms with Crippen molar-refractivity contribution < 1.29 is 14.3 Å². The highest BCUT2D eigenvalue weighted by Crippen LogP contribution is 2.45. The number of amides is 2. The molecule has 0 bridgehead atoms. The van der Waals surface area contributed by atoms with Crippen molar-refractivity contribution in [3.63, 3.8) is 0 Å². The van der Waals surface area contributed by atoms with Gasteiger partial charge in [-0.15, -0.1) is 11.8 Å². The Balaban J connectivity index is 1.69. The molecule has 29 heavy (non-hydrogen) atoms. The Morgan fingerprint density at radius 3 is 2.59 bits per heavy atom. The summed E-state index contributed by atoms with van der Waals surface area (Å²) in [7, 11) is 0. The minimum absolute atomic E-state index is 0.0291. The van der Waals surface area contributed by atoms with E-state index in [-0.39, 0.29) is 17.9 Å². The van der Waals surface area contributed by atoms with E-state index in [9.17, 15) is 9.59 Å². The van der Waals surface area contributed by atoms with Crippen LogP contribution in [0.2, 0.25) is 10.0 Å². The number of benzene rings is 2. The molecular weight excluding hydrogens is 431 g/mol. The molecule has 1 aliphatic heterocycles. The Morgan fingerprint density at radius 1 is 1.24 bits per heavy atom. The maximum atomic E-state index is 12.6. The molecular formula is C21H22Cl2N2O3S. The molecule has 5 nitrogen and oxygen atoms in total. The lowest BCUT2D eigenvalue weighted by Gasteiger charge is -2.39. The van der Waals surface area contributed by atoms with E-state index in [1.54, 1.807) is 29.2 Å². The first-order valence-electron chi connectivity index (χ1n) is 9.06. The number of carbonyl (C=O) groups excluding carboxylic acids is 2. The van der Waals surface area contributed by atoms with E-state index in [1.807, 2.05) is 39.0 Å². The van der Waals surface area contributed by atoms with Crippen LogP contribution in [0.3, 0.4) is 0 Å². The minimum Gasteiger partial charge on any atom is -0.447 e. The number of carbonyl (C=O) groups is 2. The number of nitrogens with one attached hydrogen (secondary N) is 1. The number of hydrogen-bond donors (Lipinski definition) is 1. The number of nitrogens with zero attached hydrogens (tertiary/aromatic N) is 1. The lowest BCUT2D eigenvalue weighted by atomic mass is 10.0. The van der Waals surface area contributed by atoms with Gasteiger partial charge < -0.3 is 9.64 Å². The van der Waals surface area contributed by atoms with Gasteiger partial charge in [0.15, 0.2) is 0 Å². The Hall–Kier alpha value is -1.89. The standard InChI is InChI=1S/C21H22Cl2N2O3S/c1-13-4-7-15(8-5-13)24-20(27)28-12-21(2,3)25-18(26)11-29-19(25)16-9-6-14(22)10-17(16)23/h4-10,19H,11-12H2,1-3H3,(H,24,27)/t19-/m0/s1. The SMILES string of the molecule is Cc1ccc(NC(=O)OCC(C)(C)N2C(=O)CS[C@H]2c2ccc(Cl)cc2Cl)cc1. The maximum Gasteiger partial charge on any atom is 0.411 e. The summed E-state index contributed by atoms with van der Waals surface area (Å²) in [4.78, 5) is 26.6. The van der Waals surface area contributed by atoms with E-state index in [0.29, 0.717) is 21.5 Å². The Morgan fingerprint density at radius 2 is 1.93 bits per heavy atom. The number of halogens is 2. The third-order valence-corrected chi connectivity index (χ3v) is 6.36. The molecule has 1 saturated heterocycles. The van der Waals surface area contributed by atoms with E-state index in [0.717, 1.165) is 11.1 Å². The molecule has 154 valence electrons. The molecule has 0 aliphatic carbocycles. The summed E-state index contributed by atoms with van der Waals surface area (Å²) >= 11 is 13.9. The molecule has 2 amide bonds. The molecule has 0 radical (unpaired) electrons. The summed E-state index contributed by atoms with van der Waals surface area (Å²) < 4.78 is 5.43. The van der Waals surface area contributed by atoms with Gasteiger partial charge in [-0.3, -0.25) is 10.1 Å². The Labute approximate surface area is 184 Å². The topological polar surface area (TPSA) is 58.6 Å². The normalized spacial score (nSPS) is 16.8. The number of rotatable bonds is 5. The monoisotopic (exact) mass is 452 g/mol. The molecule has 8 heteroatoms. The molecule has 0 spiro atoms. The van der Waals surface area contributed by atoms with Crippen LogP contribution in [-0.4, -0.2) is 34.8 Å². The fraction of sp³-hybridized carbons (Fsp3) is 0.333. The lowest BCUT2D eigenvalue weighted by Crippen LogP contribution is -2.50. The van der Waals surface area contributed by atoms with Gasteiger partial charge >= 0.3 is 6.09 Å². The Kier molecular flexibility index (Phi) is 6.66. The fourth-order valence-electron chi connectivity index (χ4n) is 3.11. The second-order valence-corrected chi connectivity index (χ2v) is 9.38. The maximum absolute atomic E-state index is 12.6. The van der Waals surface area contributed by atoms with Crippen molar-refractivity contribution in [1.82, 2.24) is 4.90 Å². The smallest absolute Gasteiger partial charge is 0.411 e. The summed E-state index contributed by atoms with van der Waals surface area (Å²) in [5.74, 6) is 0.307. The minimum atomic E-state index is -0.723. The summed E-state index contributed by atoms with van der Waals surface area (Å²) in [5, 5.41) is 3.46. The van der Waals surface area contributed by atoms with Gasteiger partial charge in [-0.25, -0.2) is 4.79 Å². The van der Waals surface area contributed by atoms with Crippen LogP contribution in [0.1, 0.15) is 30.3 Å². The molecule has 0 unspecified atom stereocenters. The zero-order valence-electron chi connectivity index (χ0n) is 16.4. The van der Waals surface area contributed by atoms with Crippen LogP contribution in [0.5, 0.6) is 0 Å². The second-order valence-electron chi connectivity index (χ2n) is 7.47. The van der Waals surface area contributed by atoms with Crippen molar-refractivity contribution in [2.75, 3.05) is 17.7 Å². The van der Waals surface area contributed by atoms with Crippen LogP contribution in [0.15, 0.2) is 42.5 Å². The predicted molar refractivity (Wildman–Crippen MR) is 119 cm³/mol. The molecule has 3 rings (SSSR count). The third-order valence-electron chi connectivity index (χ3n) is 4.60. The van der Waals surface area contributed by atoms with Gasteiger partial charge in [-0.05, 0) is 45.0 Å². The second kappa shape index (κ2) is 8.86. The molecule has 1 heterocycles. The third kappa shape index (κ3) is 5.18. The number of ether oxygens (including phenoxy) is 1. The van der Waals surface area contributed by atoms with E-state index >= 15 is 0 Å². The fourth-order valence-corrected chi connectivity index (χ4v) is 5.07. The molecule has 1 aliphatic rings. The summed E-state index contributed by atoms with van der Waals surface area (Å²) in [6, 6.07) is 12.7. The predicted octanol–water partition coefficient (Wildman–Crippen LogP) is 5.90. The summed E-state index contributed by atoms with van der Waals surface area (Å²) in [5.41, 5.74) is 1.84. The van der Waals surface area contributed by atoms with E-state index in [1.165, 1.54) is 11.8 Å². The number of hydrogen-bond acceptors (Lipinski definition) is 4. The van der Waals surface area contributed by atoms with Gasteiger partial charge in [-0.2, -0.15) is 0 Å². The first-order valence-corrected chi connectivity index (χ1v) is 10.9. The average molecular weight is 453 g/mol. The van der Waals surface area contributed by atoms with Crippen LogP contribution in [-0.2, 0) is 9.53 Å². The van der Waals surface area contributed by atoms with Crippen molar-refractivity contribution >= 4 is 52.7 Å². The first-order chi connectivity index (χ1) is 13.7. The van der Waals surface area contributed by atoms with Gasteiger partial charge in [0.05, 0.1) is 11.3 Å². The van der Waals surface area contributed by atoms with Crippen LogP contribution in [0.4, 0.5) is 10.5 Å². The number of aryl methyl sites for hydroxylation is 1. The summed E-state index contributed by atoms with van der Waals surface area (Å²) in [6.07, 6.45) is -0.567. The van der Waals surface area contributed by atoms with Crippen molar-refractivity contribution in [2.45, 2.75) is 31.7 Å². The Bertz CT molecular complexity index is 919. The van der Waals surface area contributed by atoms with Crippen LogP contribution in [0, 0.1) is 6.92 Å². The first kappa shape index (κ1) is 21.8. The molecule has 2 aromatic rings. The molecule has 2 aromatic carbocycles. The average Bonchev–Trinajstić information content (AvgIpc) is 3.04. The van der Waals surface area contributed by atoms with Gasteiger partial charge in [-0.1, -0.05) is 47.0 Å². The highest BCUT2D eigenvalue weighted by Gasteiger charge is 2.43. The van der Waals surface area contributed by atoms with Gasteiger partial charge in [0.2, 0.25) is 5.91 Å². The van der Waals surface area contributed by atoms with E-state index in [4.69, 9.17) is 27.9 Å². The van der Waals surface area contributed by atoms with Crippen LogP contribution >= 0.6 is 35.0 Å². The highest BCUT2D eigenvalue weighted by molar-refractivity contribution is 8.00. The zero-order valence-corrected chi connectivity index (χ0v) is 18.7. The molecule has 0 aromatic heterocycles. The van der Waals surface area contributed by atoms with E-state index in [2.05, 4.69) is 5.32 Å². The number of anilines is 1. The van der Waals surface area contributed by atoms with Crippen LogP contribution in [0.25, 0.3) is 0 Å². The van der Waals surface area contributed by atoms with Gasteiger partial charge in [0.25, 0.3) is 0 Å². The van der Waals surface area contributed by atoms with Crippen molar-refractivity contribution in [1.29, 1.82) is 0 Å². The molecule has 0 saturated carbocycles. The van der Waals surface area contributed by atoms with Crippen molar-refractivity contribution in [2.24, 2.45) is 0 Å². The molecule has 1 N–H and O–H groups in total. The van der Waals surface area contributed by atoms with Crippen molar-refractivity contribution in [3.05, 3.63) is 63.6 Å². The number of thioether (sulfide) groups is 1. The van der Waals surface area contributed by atoms with Crippen molar-refractivity contribution in [3.8, 4) is 0 Å². The largest absolute Gasteiger partial charge is 0.447 e. The van der Waals surface area contributed by atoms with Gasteiger partial charge in [0, 0.05) is 21.3 Å². The summed E-state index contributed by atoms with van der Waals surface area (Å²) in [6.45, 7) is 5.75. The van der Waals surface area contributed by atoms with Gasteiger partial charge in [0.1, 0.15) is 12.0 Å². The molecule has 1 fully saturated rings. The highest BCUT2D eigenvalue weighted by atomic mass is 35.5.